The number of halogens is 1. The van der Waals surface area contributed by atoms with E-state index in [1.165, 1.54) is 5.56 Å². The van der Waals surface area contributed by atoms with E-state index in [1.807, 2.05) is 24.7 Å². The number of benzene rings is 1. The van der Waals surface area contributed by atoms with E-state index in [1.54, 1.807) is 0 Å². The topological polar surface area (TPSA) is 29.9 Å². The van der Waals surface area contributed by atoms with E-state index in [0.29, 0.717) is 0 Å². The molecule has 0 atom stereocenters. The van der Waals surface area contributed by atoms with Crippen LogP contribution in [-0.2, 0) is 13.5 Å². The molecule has 96 valence electrons. The molecule has 1 aromatic heterocycles. The Morgan fingerprint density at radius 3 is 2.83 bits per heavy atom. The van der Waals surface area contributed by atoms with Crippen molar-refractivity contribution in [1.82, 2.24) is 14.9 Å². The maximum absolute atomic E-state index is 6.31. The van der Waals surface area contributed by atoms with Crippen molar-refractivity contribution in [1.29, 1.82) is 0 Å². The zero-order valence-corrected chi connectivity index (χ0v) is 11.8. The van der Waals surface area contributed by atoms with Gasteiger partial charge >= 0.3 is 0 Å². The predicted molar refractivity (Wildman–Crippen MR) is 76.0 cm³/mol. The molecule has 0 unspecified atom stereocenters. The van der Waals surface area contributed by atoms with E-state index < -0.39 is 0 Å². The number of nitrogens with zero attached hydrogens (tertiary/aromatic N) is 2. The van der Waals surface area contributed by atoms with Gasteiger partial charge in [-0.25, -0.2) is 4.98 Å². The molecule has 18 heavy (non-hydrogen) atoms. The third kappa shape index (κ3) is 2.57. The van der Waals surface area contributed by atoms with Crippen LogP contribution >= 0.6 is 11.6 Å². The van der Waals surface area contributed by atoms with Crippen LogP contribution in [0.4, 0.5) is 0 Å². The molecule has 4 heteroatoms. The van der Waals surface area contributed by atoms with Crippen LogP contribution in [0.15, 0.2) is 24.3 Å². The number of nitrogens with one attached hydrogen (secondary N) is 1. The monoisotopic (exact) mass is 263 g/mol. The van der Waals surface area contributed by atoms with Crippen molar-refractivity contribution < 1.29 is 0 Å². The Kier molecular flexibility index (Phi) is 4.04. The lowest BCUT2D eigenvalue weighted by molar-refractivity contribution is 0.779. The highest BCUT2D eigenvalue weighted by Crippen LogP contribution is 2.25. The van der Waals surface area contributed by atoms with Gasteiger partial charge in [-0.1, -0.05) is 35.4 Å². The maximum Gasteiger partial charge on any atom is 0.141 e. The quantitative estimate of drug-likeness (QED) is 0.919. The van der Waals surface area contributed by atoms with Gasteiger partial charge in [-0.3, -0.25) is 0 Å². The lowest BCUT2D eigenvalue weighted by atomic mass is 10.1. The highest BCUT2D eigenvalue weighted by atomic mass is 35.5. The van der Waals surface area contributed by atoms with Gasteiger partial charge in [0, 0.05) is 25.6 Å². The Balaban J connectivity index is 2.39. The van der Waals surface area contributed by atoms with Crippen LogP contribution < -0.4 is 5.32 Å². The van der Waals surface area contributed by atoms with Gasteiger partial charge in [0.05, 0.1) is 5.69 Å². The van der Waals surface area contributed by atoms with Gasteiger partial charge in [-0.15, -0.1) is 0 Å². The fourth-order valence-corrected chi connectivity index (χ4v) is 2.20. The Morgan fingerprint density at radius 1 is 1.39 bits per heavy atom. The molecule has 0 fully saturated rings. The van der Waals surface area contributed by atoms with Crippen molar-refractivity contribution in [3.63, 3.8) is 0 Å². The van der Waals surface area contributed by atoms with Crippen molar-refractivity contribution >= 4 is 11.6 Å². The summed E-state index contributed by atoms with van der Waals surface area (Å²) in [6.07, 6.45) is 0.842. The van der Waals surface area contributed by atoms with Crippen LogP contribution in [-0.4, -0.2) is 23.1 Å². The van der Waals surface area contributed by atoms with Gasteiger partial charge in [0.2, 0.25) is 0 Å². The van der Waals surface area contributed by atoms with E-state index >= 15 is 0 Å². The molecule has 1 aromatic carbocycles. The summed E-state index contributed by atoms with van der Waals surface area (Å²) < 4.78 is 1.95. The average Bonchev–Trinajstić information content (AvgIpc) is 2.64. The number of rotatable bonds is 4. The van der Waals surface area contributed by atoms with Gasteiger partial charge in [0.1, 0.15) is 11.0 Å². The number of imidazole rings is 1. The van der Waals surface area contributed by atoms with E-state index in [4.69, 9.17) is 11.6 Å². The molecule has 2 aromatic rings. The van der Waals surface area contributed by atoms with Crippen molar-refractivity contribution in [2.24, 2.45) is 7.05 Å². The first kappa shape index (κ1) is 13.1. The molecule has 0 amide bonds. The summed E-state index contributed by atoms with van der Waals surface area (Å²) >= 11 is 6.31. The summed E-state index contributed by atoms with van der Waals surface area (Å²) in [6.45, 7) is 2.96. The number of hydrogen-bond donors (Lipinski definition) is 1. The summed E-state index contributed by atoms with van der Waals surface area (Å²) in [5.41, 5.74) is 3.28. The highest BCUT2D eigenvalue weighted by molar-refractivity contribution is 6.30. The first-order valence-corrected chi connectivity index (χ1v) is 6.44. The van der Waals surface area contributed by atoms with Crippen molar-refractivity contribution in [2.45, 2.75) is 13.3 Å². The first-order chi connectivity index (χ1) is 8.63. The SMILES string of the molecule is CNCCc1nc(-c2cccc(C)c2)n(C)c1Cl. The lowest BCUT2D eigenvalue weighted by Crippen LogP contribution is -2.10. The number of hydrogen-bond acceptors (Lipinski definition) is 2. The molecule has 0 spiro atoms. The van der Waals surface area contributed by atoms with Crippen LogP contribution in [0, 0.1) is 6.92 Å². The van der Waals surface area contributed by atoms with Crippen LogP contribution in [0.3, 0.4) is 0 Å². The molecular weight excluding hydrogens is 246 g/mol. The molecule has 0 bridgehead atoms. The minimum atomic E-state index is 0.724. The van der Waals surface area contributed by atoms with Crippen LogP contribution in [0.5, 0.6) is 0 Å². The summed E-state index contributed by atoms with van der Waals surface area (Å²) in [5.74, 6) is 0.926. The summed E-state index contributed by atoms with van der Waals surface area (Å²) in [5, 5.41) is 3.84. The van der Waals surface area contributed by atoms with Crippen LogP contribution in [0.2, 0.25) is 5.15 Å². The van der Waals surface area contributed by atoms with Gasteiger partial charge in [-0.2, -0.15) is 0 Å². The van der Waals surface area contributed by atoms with Crippen molar-refractivity contribution in [3.8, 4) is 11.4 Å². The van der Waals surface area contributed by atoms with Crippen LogP contribution in [0.1, 0.15) is 11.3 Å². The molecule has 0 radical (unpaired) electrons. The minimum absolute atomic E-state index is 0.724. The van der Waals surface area contributed by atoms with E-state index in [0.717, 1.165) is 35.2 Å². The number of aryl methyl sites for hydroxylation is 1. The average molecular weight is 264 g/mol. The first-order valence-electron chi connectivity index (χ1n) is 6.06. The Hall–Kier alpha value is -1.32. The molecule has 1 N–H and O–H groups in total. The molecule has 0 saturated carbocycles. The highest BCUT2D eigenvalue weighted by Gasteiger charge is 2.13. The van der Waals surface area contributed by atoms with E-state index in [9.17, 15) is 0 Å². The molecule has 2 rings (SSSR count). The second-order valence-electron chi connectivity index (χ2n) is 4.45. The molecular formula is C14H18ClN3. The zero-order valence-electron chi connectivity index (χ0n) is 11.0. The normalized spacial score (nSPS) is 10.9. The van der Waals surface area contributed by atoms with Gasteiger partial charge in [0.25, 0.3) is 0 Å². The van der Waals surface area contributed by atoms with Gasteiger partial charge < -0.3 is 9.88 Å². The number of likely N-dealkylation sites (N-methyl/N-ethyl adjacent to an activating group) is 1. The zero-order chi connectivity index (χ0) is 13.1. The Labute approximate surface area is 113 Å². The van der Waals surface area contributed by atoms with Crippen molar-refractivity contribution in [2.75, 3.05) is 13.6 Å². The molecule has 0 aliphatic carbocycles. The van der Waals surface area contributed by atoms with Gasteiger partial charge in [0.15, 0.2) is 0 Å². The molecule has 0 saturated heterocycles. The predicted octanol–water partition coefficient (Wildman–Crippen LogP) is 2.81. The van der Waals surface area contributed by atoms with Crippen molar-refractivity contribution in [3.05, 3.63) is 40.7 Å². The molecule has 0 aliphatic heterocycles. The minimum Gasteiger partial charge on any atom is -0.319 e. The van der Waals surface area contributed by atoms with Gasteiger partial charge in [-0.05, 0) is 20.0 Å². The fourth-order valence-electron chi connectivity index (χ4n) is 1.98. The summed E-state index contributed by atoms with van der Waals surface area (Å²) in [7, 11) is 3.88. The maximum atomic E-state index is 6.31. The second-order valence-corrected chi connectivity index (χ2v) is 4.81. The molecule has 3 nitrogen and oxygen atoms in total. The Bertz CT molecular complexity index is 546. The fraction of sp³-hybridized carbons (Fsp3) is 0.357. The largest absolute Gasteiger partial charge is 0.319 e. The summed E-state index contributed by atoms with van der Waals surface area (Å²) in [6, 6.07) is 8.31. The van der Waals surface area contributed by atoms with E-state index in [-0.39, 0.29) is 0 Å². The smallest absolute Gasteiger partial charge is 0.141 e. The molecule has 1 heterocycles. The molecule has 0 aliphatic rings. The third-order valence-electron chi connectivity index (χ3n) is 2.98. The third-order valence-corrected chi connectivity index (χ3v) is 3.45. The Morgan fingerprint density at radius 2 is 2.17 bits per heavy atom. The lowest BCUT2D eigenvalue weighted by Gasteiger charge is -2.03. The second kappa shape index (κ2) is 5.55. The number of aromatic nitrogens is 2. The van der Waals surface area contributed by atoms with Crippen LogP contribution in [0.25, 0.3) is 11.4 Å². The summed E-state index contributed by atoms with van der Waals surface area (Å²) in [4.78, 5) is 4.65. The van der Waals surface area contributed by atoms with E-state index in [2.05, 4.69) is 35.4 Å². The standard InChI is InChI=1S/C14H18ClN3/c1-10-5-4-6-11(9-10)14-17-12(7-8-16-2)13(15)18(14)3/h4-6,9,16H,7-8H2,1-3H3.